The highest BCUT2D eigenvalue weighted by Crippen LogP contribution is 2.38. The zero-order valence-corrected chi connectivity index (χ0v) is 20.4. The predicted molar refractivity (Wildman–Crippen MR) is 135 cm³/mol. The lowest BCUT2D eigenvalue weighted by atomic mass is 10.1. The first-order valence-electron chi connectivity index (χ1n) is 10.4. The van der Waals surface area contributed by atoms with Crippen LogP contribution in [0.3, 0.4) is 0 Å². The molecule has 0 aliphatic rings. The fourth-order valence-electron chi connectivity index (χ4n) is 3.15. The normalized spacial score (nSPS) is 10.9. The molecular formula is C26H25BrClNO3. The Labute approximate surface area is 202 Å². The van der Waals surface area contributed by atoms with Gasteiger partial charge < -0.3 is 14.8 Å². The SMILES string of the molecule is CCOc1cc(/C=C/C(=O)Nc2ccccc2CC)cc(Br)c1OCc1ccccc1Cl. The van der Waals surface area contributed by atoms with Crippen LogP contribution in [-0.4, -0.2) is 12.5 Å². The van der Waals surface area contributed by atoms with Gasteiger partial charge in [0.15, 0.2) is 11.5 Å². The number of para-hydroxylation sites is 1. The van der Waals surface area contributed by atoms with Crippen molar-refractivity contribution in [2.45, 2.75) is 26.9 Å². The molecule has 1 amide bonds. The molecule has 0 spiro atoms. The molecule has 0 saturated heterocycles. The van der Waals surface area contributed by atoms with E-state index in [0.717, 1.165) is 33.3 Å². The Bertz CT molecular complexity index is 1110. The first kappa shape index (κ1) is 23.9. The monoisotopic (exact) mass is 513 g/mol. The van der Waals surface area contributed by atoms with Gasteiger partial charge in [0.2, 0.25) is 5.91 Å². The van der Waals surface area contributed by atoms with Crippen molar-refractivity contribution in [3.05, 3.63) is 92.9 Å². The van der Waals surface area contributed by atoms with Crippen LogP contribution in [0.1, 0.15) is 30.5 Å². The number of ether oxygens (including phenoxy) is 2. The third kappa shape index (κ3) is 6.38. The van der Waals surface area contributed by atoms with Crippen LogP contribution in [0.5, 0.6) is 11.5 Å². The van der Waals surface area contributed by atoms with Crippen molar-refractivity contribution in [3.8, 4) is 11.5 Å². The minimum absolute atomic E-state index is 0.195. The Morgan fingerprint density at radius 3 is 2.47 bits per heavy atom. The van der Waals surface area contributed by atoms with Crippen molar-refractivity contribution in [1.82, 2.24) is 0 Å². The van der Waals surface area contributed by atoms with Crippen molar-refractivity contribution in [3.63, 3.8) is 0 Å². The predicted octanol–water partition coefficient (Wildman–Crippen LogP) is 7.29. The topological polar surface area (TPSA) is 47.6 Å². The molecule has 0 aliphatic heterocycles. The fraction of sp³-hybridized carbons (Fsp3) is 0.192. The summed E-state index contributed by atoms with van der Waals surface area (Å²) in [6.45, 7) is 4.76. The van der Waals surface area contributed by atoms with Crippen LogP contribution >= 0.6 is 27.5 Å². The van der Waals surface area contributed by atoms with Crippen LogP contribution < -0.4 is 14.8 Å². The minimum Gasteiger partial charge on any atom is -0.490 e. The maximum absolute atomic E-state index is 12.4. The second-order valence-electron chi connectivity index (χ2n) is 6.98. The van der Waals surface area contributed by atoms with Gasteiger partial charge in [0.05, 0.1) is 11.1 Å². The van der Waals surface area contributed by atoms with Crippen LogP contribution in [0.15, 0.2) is 71.2 Å². The summed E-state index contributed by atoms with van der Waals surface area (Å²) in [5.41, 5.74) is 3.61. The lowest BCUT2D eigenvalue weighted by Crippen LogP contribution is -2.09. The maximum Gasteiger partial charge on any atom is 0.248 e. The molecule has 3 aromatic carbocycles. The van der Waals surface area contributed by atoms with E-state index in [1.807, 2.05) is 67.6 Å². The highest BCUT2D eigenvalue weighted by atomic mass is 79.9. The molecule has 0 aromatic heterocycles. The van der Waals surface area contributed by atoms with E-state index >= 15 is 0 Å². The first-order valence-corrected chi connectivity index (χ1v) is 11.6. The molecule has 32 heavy (non-hydrogen) atoms. The average Bonchev–Trinajstić information content (AvgIpc) is 2.79. The maximum atomic E-state index is 12.4. The molecule has 0 fully saturated rings. The number of nitrogens with one attached hydrogen (secondary N) is 1. The average molecular weight is 515 g/mol. The number of aryl methyl sites for hydroxylation is 1. The second kappa shape index (κ2) is 11.7. The van der Waals surface area contributed by atoms with Crippen molar-refractivity contribution >= 4 is 45.2 Å². The molecule has 0 unspecified atom stereocenters. The van der Waals surface area contributed by atoms with Crippen LogP contribution in [0, 0.1) is 0 Å². The Balaban J connectivity index is 1.76. The summed E-state index contributed by atoms with van der Waals surface area (Å²) in [4.78, 5) is 12.4. The van der Waals surface area contributed by atoms with Gasteiger partial charge in [0.1, 0.15) is 6.61 Å². The molecule has 0 heterocycles. The summed E-state index contributed by atoms with van der Waals surface area (Å²) in [7, 11) is 0. The first-order chi connectivity index (χ1) is 15.5. The van der Waals surface area contributed by atoms with E-state index in [0.29, 0.717) is 29.7 Å². The highest BCUT2D eigenvalue weighted by Gasteiger charge is 2.13. The van der Waals surface area contributed by atoms with Gasteiger partial charge in [-0.1, -0.05) is 54.9 Å². The summed E-state index contributed by atoms with van der Waals surface area (Å²) in [6.07, 6.45) is 4.10. The van der Waals surface area contributed by atoms with E-state index in [1.54, 1.807) is 6.08 Å². The molecule has 0 bridgehead atoms. The number of hydrogen-bond acceptors (Lipinski definition) is 3. The van der Waals surface area contributed by atoms with Gasteiger partial charge in [-0.15, -0.1) is 0 Å². The van der Waals surface area contributed by atoms with E-state index in [-0.39, 0.29) is 5.91 Å². The van der Waals surface area contributed by atoms with Crippen molar-refractivity contribution < 1.29 is 14.3 Å². The number of rotatable bonds is 9. The number of amides is 1. The third-order valence-electron chi connectivity index (χ3n) is 4.74. The number of carbonyl (C=O) groups is 1. The van der Waals surface area contributed by atoms with Crippen LogP contribution in [0.4, 0.5) is 5.69 Å². The lowest BCUT2D eigenvalue weighted by molar-refractivity contribution is -0.111. The molecule has 6 heteroatoms. The largest absolute Gasteiger partial charge is 0.490 e. The van der Waals surface area contributed by atoms with Crippen molar-refractivity contribution in [2.24, 2.45) is 0 Å². The molecule has 0 aliphatic carbocycles. The number of hydrogen-bond donors (Lipinski definition) is 1. The second-order valence-corrected chi connectivity index (χ2v) is 8.24. The number of halogens is 2. The van der Waals surface area contributed by atoms with Crippen LogP contribution in [-0.2, 0) is 17.8 Å². The minimum atomic E-state index is -0.195. The fourth-order valence-corrected chi connectivity index (χ4v) is 3.91. The molecule has 0 saturated carbocycles. The van der Waals surface area contributed by atoms with Crippen molar-refractivity contribution in [1.29, 1.82) is 0 Å². The standard InChI is InChI=1S/C26H25BrClNO3/c1-3-19-9-6-8-12-23(19)29-25(30)14-13-18-15-21(27)26(24(16-18)31-4-2)32-17-20-10-5-7-11-22(20)28/h5-16H,3-4,17H2,1-2H3,(H,29,30)/b14-13+. The number of carbonyl (C=O) groups excluding carboxylic acids is 1. The smallest absolute Gasteiger partial charge is 0.248 e. The molecule has 3 rings (SSSR count). The summed E-state index contributed by atoms with van der Waals surface area (Å²) >= 11 is 9.80. The molecule has 4 nitrogen and oxygen atoms in total. The summed E-state index contributed by atoms with van der Waals surface area (Å²) in [5, 5.41) is 3.59. The van der Waals surface area contributed by atoms with Crippen molar-refractivity contribution in [2.75, 3.05) is 11.9 Å². The van der Waals surface area contributed by atoms with Crippen LogP contribution in [0.25, 0.3) is 6.08 Å². The van der Waals surface area contributed by atoms with E-state index < -0.39 is 0 Å². The van der Waals surface area contributed by atoms with Gasteiger partial charge >= 0.3 is 0 Å². The Hall–Kier alpha value is -2.76. The Morgan fingerprint density at radius 2 is 1.75 bits per heavy atom. The van der Waals surface area contributed by atoms with E-state index in [1.165, 1.54) is 6.08 Å². The van der Waals surface area contributed by atoms with Gasteiger partial charge in [0, 0.05) is 22.3 Å². The van der Waals surface area contributed by atoms with Gasteiger partial charge in [-0.25, -0.2) is 0 Å². The molecular weight excluding hydrogens is 490 g/mol. The molecule has 166 valence electrons. The van der Waals surface area contributed by atoms with E-state index in [2.05, 4.69) is 28.2 Å². The molecule has 0 atom stereocenters. The summed E-state index contributed by atoms with van der Waals surface area (Å²) < 4.78 is 12.5. The van der Waals surface area contributed by atoms with Gasteiger partial charge in [-0.05, 0) is 70.7 Å². The van der Waals surface area contributed by atoms with Crippen LogP contribution in [0.2, 0.25) is 5.02 Å². The van der Waals surface area contributed by atoms with E-state index in [9.17, 15) is 4.79 Å². The zero-order chi connectivity index (χ0) is 22.9. The van der Waals surface area contributed by atoms with Gasteiger partial charge in [-0.3, -0.25) is 4.79 Å². The van der Waals surface area contributed by atoms with Gasteiger partial charge in [0.25, 0.3) is 0 Å². The number of anilines is 1. The molecule has 3 aromatic rings. The summed E-state index contributed by atoms with van der Waals surface area (Å²) in [6, 6.07) is 19.1. The number of benzene rings is 3. The summed E-state index contributed by atoms with van der Waals surface area (Å²) in [5.74, 6) is 0.981. The molecule has 0 radical (unpaired) electrons. The Morgan fingerprint density at radius 1 is 1.03 bits per heavy atom. The molecule has 1 N–H and O–H groups in total. The quantitative estimate of drug-likeness (QED) is 0.305. The van der Waals surface area contributed by atoms with E-state index in [4.69, 9.17) is 21.1 Å². The third-order valence-corrected chi connectivity index (χ3v) is 5.70. The zero-order valence-electron chi connectivity index (χ0n) is 18.0. The highest BCUT2D eigenvalue weighted by molar-refractivity contribution is 9.10. The lowest BCUT2D eigenvalue weighted by Gasteiger charge is -2.15. The van der Waals surface area contributed by atoms with Gasteiger partial charge in [-0.2, -0.15) is 0 Å². The Kier molecular flexibility index (Phi) is 8.77.